The summed E-state index contributed by atoms with van der Waals surface area (Å²) in [6.07, 6.45) is 11.2. The van der Waals surface area contributed by atoms with Crippen LogP contribution < -0.4 is 5.73 Å². The first-order chi connectivity index (χ1) is 8.67. The number of likely N-dealkylation sites (tertiary alicyclic amines) is 1. The molecular weight excluding hydrogens is 260 g/mol. The van der Waals surface area contributed by atoms with Crippen molar-refractivity contribution in [2.75, 3.05) is 13.1 Å². The lowest BCUT2D eigenvalue weighted by atomic mass is 9.68. The average Bonchev–Trinajstić information content (AvgIpc) is 2.40. The number of nitrogens with zero attached hydrogens (tertiary/aromatic N) is 1. The molecular formula is C15H29ClN2O. The van der Waals surface area contributed by atoms with Crippen LogP contribution in [0.1, 0.15) is 64.7 Å². The molecule has 1 unspecified atom stereocenters. The molecule has 0 radical (unpaired) electrons. The molecule has 2 N–H and O–H groups in total. The van der Waals surface area contributed by atoms with E-state index in [1.807, 2.05) is 4.90 Å². The van der Waals surface area contributed by atoms with Gasteiger partial charge in [0.2, 0.25) is 5.91 Å². The Morgan fingerprint density at radius 2 is 1.74 bits per heavy atom. The highest BCUT2D eigenvalue weighted by atomic mass is 35.5. The summed E-state index contributed by atoms with van der Waals surface area (Å²) in [6.45, 7) is 3.97. The van der Waals surface area contributed by atoms with Crippen molar-refractivity contribution in [2.45, 2.75) is 70.8 Å². The van der Waals surface area contributed by atoms with E-state index >= 15 is 0 Å². The van der Waals surface area contributed by atoms with Crippen LogP contribution in [0.4, 0.5) is 0 Å². The van der Waals surface area contributed by atoms with Crippen molar-refractivity contribution in [1.29, 1.82) is 0 Å². The number of carbonyl (C=O) groups excluding carboxylic acids is 1. The Morgan fingerprint density at radius 3 is 2.26 bits per heavy atom. The summed E-state index contributed by atoms with van der Waals surface area (Å²) in [6, 6.07) is -0.268. The van der Waals surface area contributed by atoms with Crippen molar-refractivity contribution in [2.24, 2.45) is 11.1 Å². The van der Waals surface area contributed by atoms with Gasteiger partial charge in [0.15, 0.2) is 0 Å². The first-order valence-electron chi connectivity index (χ1n) is 7.71. The van der Waals surface area contributed by atoms with Gasteiger partial charge in [0.05, 0.1) is 6.04 Å². The highest BCUT2D eigenvalue weighted by Gasteiger charge is 2.37. The highest BCUT2D eigenvalue weighted by molar-refractivity contribution is 5.85. The van der Waals surface area contributed by atoms with Crippen LogP contribution in [-0.4, -0.2) is 29.9 Å². The molecule has 2 rings (SSSR count). The van der Waals surface area contributed by atoms with Crippen LogP contribution in [0.15, 0.2) is 0 Å². The third kappa shape index (κ3) is 4.09. The van der Waals surface area contributed by atoms with E-state index < -0.39 is 0 Å². The zero-order valence-corrected chi connectivity index (χ0v) is 13.0. The van der Waals surface area contributed by atoms with Crippen LogP contribution in [0.3, 0.4) is 0 Å². The lowest BCUT2D eigenvalue weighted by molar-refractivity contribution is -0.135. The number of rotatable bonds is 3. The smallest absolute Gasteiger partial charge is 0.239 e. The number of piperidine rings is 1. The number of hydrogen-bond donors (Lipinski definition) is 1. The van der Waals surface area contributed by atoms with Crippen molar-refractivity contribution in [3.05, 3.63) is 0 Å². The molecule has 3 nitrogen and oxygen atoms in total. The Hall–Kier alpha value is -0.280. The molecule has 2 aliphatic rings. The van der Waals surface area contributed by atoms with Crippen molar-refractivity contribution >= 4 is 18.3 Å². The lowest BCUT2D eigenvalue weighted by Crippen LogP contribution is -2.49. The fraction of sp³-hybridized carbons (Fsp3) is 0.933. The Labute approximate surface area is 123 Å². The van der Waals surface area contributed by atoms with E-state index in [2.05, 4.69) is 6.92 Å². The Balaban J connectivity index is 0.00000180. The maximum atomic E-state index is 12.2. The molecule has 1 amide bonds. The minimum Gasteiger partial charge on any atom is -0.341 e. The van der Waals surface area contributed by atoms with Gasteiger partial charge in [-0.1, -0.05) is 32.6 Å². The number of carbonyl (C=O) groups is 1. The highest BCUT2D eigenvalue weighted by Crippen LogP contribution is 2.44. The molecule has 2 fully saturated rings. The molecule has 1 saturated heterocycles. The first-order valence-corrected chi connectivity index (χ1v) is 7.71. The topological polar surface area (TPSA) is 46.3 Å². The molecule has 1 aliphatic heterocycles. The third-order valence-corrected chi connectivity index (χ3v) is 4.97. The number of halogens is 1. The van der Waals surface area contributed by atoms with Gasteiger partial charge in [0.1, 0.15) is 0 Å². The van der Waals surface area contributed by atoms with Crippen LogP contribution >= 0.6 is 12.4 Å². The monoisotopic (exact) mass is 288 g/mol. The van der Waals surface area contributed by atoms with Gasteiger partial charge in [-0.15, -0.1) is 12.4 Å². The molecule has 0 aromatic heterocycles. The normalized spacial score (nSPS) is 23.8. The number of nitrogens with two attached hydrogens (primary N) is 1. The minimum atomic E-state index is -0.268. The third-order valence-electron chi connectivity index (χ3n) is 4.97. The fourth-order valence-electron chi connectivity index (χ4n) is 3.67. The van der Waals surface area contributed by atoms with E-state index in [4.69, 9.17) is 5.73 Å². The standard InChI is InChI=1S/C15H28N2O.ClH/c1-2-6-13(16)14(18)17-11-9-15(10-12-17)7-4-3-5-8-15;/h13H,2-12,16H2,1H3;1H. The van der Waals surface area contributed by atoms with Gasteiger partial charge < -0.3 is 10.6 Å². The Bertz CT molecular complexity index is 280. The van der Waals surface area contributed by atoms with Gasteiger partial charge >= 0.3 is 0 Å². The molecule has 0 bridgehead atoms. The molecule has 0 aromatic carbocycles. The zero-order valence-electron chi connectivity index (χ0n) is 12.2. The zero-order chi connectivity index (χ0) is 13.0. The second-order valence-corrected chi connectivity index (χ2v) is 6.28. The molecule has 4 heteroatoms. The van der Waals surface area contributed by atoms with Gasteiger partial charge in [-0.3, -0.25) is 4.79 Å². The van der Waals surface area contributed by atoms with E-state index in [1.54, 1.807) is 0 Å². The molecule has 1 atom stereocenters. The maximum Gasteiger partial charge on any atom is 0.239 e. The van der Waals surface area contributed by atoms with E-state index in [9.17, 15) is 4.79 Å². The Morgan fingerprint density at radius 1 is 1.16 bits per heavy atom. The van der Waals surface area contributed by atoms with Crippen molar-refractivity contribution in [3.63, 3.8) is 0 Å². The predicted octanol–water partition coefficient (Wildman–Crippen LogP) is 3.11. The summed E-state index contributed by atoms with van der Waals surface area (Å²) in [5.74, 6) is 0.183. The summed E-state index contributed by atoms with van der Waals surface area (Å²) >= 11 is 0. The van der Waals surface area contributed by atoms with Gasteiger partial charge in [-0.05, 0) is 37.5 Å². The van der Waals surface area contributed by atoms with Gasteiger partial charge in [0.25, 0.3) is 0 Å². The van der Waals surface area contributed by atoms with Gasteiger partial charge in [-0.25, -0.2) is 0 Å². The molecule has 1 aliphatic carbocycles. The van der Waals surface area contributed by atoms with E-state index in [0.29, 0.717) is 5.41 Å². The van der Waals surface area contributed by atoms with Gasteiger partial charge in [-0.2, -0.15) is 0 Å². The molecule has 19 heavy (non-hydrogen) atoms. The summed E-state index contributed by atoms with van der Waals surface area (Å²) < 4.78 is 0. The van der Waals surface area contributed by atoms with Crippen molar-refractivity contribution < 1.29 is 4.79 Å². The number of amides is 1. The lowest BCUT2D eigenvalue weighted by Gasteiger charge is -2.44. The van der Waals surface area contributed by atoms with Gasteiger partial charge in [0, 0.05) is 13.1 Å². The summed E-state index contributed by atoms with van der Waals surface area (Å²) in [4.78, 5) is 14.2. The van der Waals surface area contributed by atoms with Crippen LogP contribution in [0.5, 0.6) is 0 Å². The van der Waals surface area contributed by atoms with Crippen LogP contribution in [0.25, 0.3) is 0 Å². The largest absolute Gasteiger partial charge is 0.341 e. The predicted molar refractivity (Wildman–Crippen MR) is 81.5 cm³/mol. The van der Waals surface area contributed by atoms with E-state index in [0.717, 1.165) is 25.9 Å². The Kier molecular flexibility index (Phi) is 6.61. The van der Waals surface area contributed by atoms with E-state index in [-0.39, 0.29) is 24.4 Å². The SMILES string of the molecule is CCCC(N)C(=O)N1CCC2(CCCCC2)CC1.Cl. The summed E-state index contributed by atoms with van der Waals surface area (Å²) in [7, 11) is 0. The molecule has 1 heterocycles. The fourth-order valence-corrected chi connectivity index (χ4v) is 3.67. The molecule has 1 saturated carbocycles. The quantitative estimate of drug-likeness (QED) is 0.867. The second-order valence-electron chi connectivity index (χ2n) is 6.28. The van der Waals surface area contributed by atoms with E-state index in [1.165, 1.54) is 44.9 Å². The molecule has 112 valence electrons. The molecule has 1 spiro atoms. The van der Waals surface area contributed by atoms with Crippen molar-refractivity contribution in [1.82, 2.24) is 4.90 Å². The second kappa shape index (κ2) is 7.49. The van der Waals surface area contributed by atoms with Crippen molar-refractivity contribution in [3.8, 4) is 0 Å². The molecule has 0 aromatic rings. The first kappa shape index (κ1) is 16.8. The summed E-state index contributed by atoms with van der Waals surface area (Å²) in [5.41, 5.74) is 6.51. The van der Waals surface area contributed by atoms with Crippen LogP contribution in [0.2, 0.25) is 0 Å². The van der Waals surface area contributed by atoms with Crippen LogP contribution in [0, 0.1) is 5.41 Å². The number of hydrogen-bond acceptors (Lipinski definition) is 2. The summed E-state index contributed by atoms with van der Waals surface area (Å²) in [5, 5.41) is 0. The maximum absolute atomic E-state index is 12.2. The van der Waals surface area contributed by atoms with Crippen LogP contribution in [-0.2, 0) is 4.79 Å². The minimum absolute atomic E-state index is 0. The average molecular weight is 289 g/mol.